The summed E-state index contributed by atoms with van der Waals surface area (Å²) in [5.41, 5.74) is 0. The molecule has 0 saturated carbocycles. The second-order valence-corrected chi connectivity index (χ2v) is 3.76. The van der Waals surface area contributed by atoms with E-state index in [-0.39, 0.29) is 6.61 Å². The molecule has 1 heterocycles. The highest BCUT2D eigenvalue weighted by molar-refractivity contribution is 4.88. The van der Waals surface area contributed by atoms with Crippen molar-refractivity contribution in [2.75, 3.05) is 26.4 Å². The van der Waals surface area contributed by atoms with E-state index in [1.54, 1.807) is 0 Å². The van der Waals surface area contributed by atoms with Crippen LogP contribution >= 0.6 is 0 Å². The van der Waals surface area contributed by atoms with Gasteiger partial charge in [0.15, 0.2) is 6.29 Å². The third kappa shape index (κ3) is 3.85. The van der Waals surface area contributed by atoms with E-state index in [2.05, 4.69) is 0 Å². The molecule has 1 rings (SSSR count). The summed E-state index contributed by atoms with van der Waals surface area (Å²) in [6.45, 7) is 2.46. The third-order valence-electron chi connectivity index (χ3n) is 2.56. The topological polar surface area (TPSA) is 109 Å². The average Bonchev–Trinajstić information content (AvgIpc) is 2.34. The van der Waals surface area contributed by atoms with E-state index < -0.39 is 37.3 Å². The maximum Gasteiger partial charge on any atom is 0.186 e. The van der Waals surface area contributed by atoms with Gasteiger partial charge in [-0.3, -0.25) is 0 Å². The molecule has 1 aliphatic rings. The Bertz CT molecular complexity index is 211. The van der Waals surface area contributed by atoms with Gasteiger partial charge in [-0.05, 0) is 6.92 Å². The number of aliphatic hydroxyl groups excluding tert-OH is 4. The fraction of sp³-hybridized carbons (Fsp3) is 1.00. The molecule has 0 aliphatic carbocycles. The molecule has 7 heteroatoms. The summed E-state index contributed by atoms with van der Waals surface area (Å²) in [5.74, 6) is 0. The summed E-state index contributed by atoms with van der Waals surface area (Å²) in [6, 6.07) is 0. The molecule has 1 fully saturated rings. The summed E-state index contributed by atoms with van der Waals surface area (Å²) in [4.78, 5) is 0. The summed E-state index contributed by atoms with van der Waals surface area (Å²) >= 11 is 0. The number of hydrogen-bond acceptors (Lipinski definition) is 7. The Labute approximate surface area is 99.5 Å². The first-order valence-corrected chi connectivity index (χ1v) is 5.61. The Kier molecular flexibility index (Phi) is 6.28. The lowest BCUT2D eigenvalue weighted by molar-refractivity contribution is -0.302. The first kappa shape index (κ1) is 14.8. The minimum atomic E-state index is -1.40. The summed E-state index contributed by atoms with van der Waals surface area (Å²) in [5, 5.41) is 37.5. The highest BCUT2D eigenvalue weighted by atomic mass is 16.7. The van der Waals surface area contributed by atoms with Crippen molar-refractivity contribution in [3.05, 3.63) is 0 Å². The second-order valence-electron chi connectivity index (χ2n) is 3.76. The van der Waals surface area contributed by atoms with Crippen molar-refractivity contribution in [1.82, 2.24) is 0 Å². The van der Waals surface area contributed by atoms with Crippen LogP contribution in [0.3, 0.4) is 0 Å². The van der Waals surface area contributed by atoms with Crippen molar-refractivity contribution in [3.8, 4) is 0 Å². The Hall–Kier alpha value is -0.280. The van der Waals surface area contributed by atoms with Crippen LogP contribution in [0.25, 0.3) is 0 Å². The molecule has 1 aliphatic heterocycles. The van der Waals surface area contributed by atoms with Crippen LogP contribution in [0.1, 0.15) is 6.92 Å². The van der Waals surface area contributed by atoms with E-state index in [9.17, 15) is 15.3 Å². The van der Waals surface area contributed by atoms with E-state index in [4.69, 9.17) is 19.3 Å². The molecule has 0 aromatic carbocycles. The molecule has 0 amide bonds. The maximum atomic E-state index is 9.60. The van der Waals surface area contributed by atoms with Gasteiger partial charge in [-0.2, -0.15) is 0 Å². The van der Waals surface area contributed by atoms with Gasteiger partial charge in [0.25, 0.3) is 0 Å². The highest BCUT2D eigenvalue weighted by Gasteiger charge is 2.43. The molecule has 1 saturated heterocycles. The molecule has 0 aromatic heterocycles. The molecule has 0 bridgehead atoms. The smallest absolute Gasteiger partial charge is 0.186 e. The lowest BCUT2D eigenvalue weighted by Gasteiger charge is -2.39. The number of hydrogen-bond donors (Lipinski definition) is 4. The molecule has 5 atom stereocenters. The van der Waals surface area contributed by atoms with E-state index in [1.165, 1.54) is 0 Å². The zero-order valence-corrected chi connectivity index (χ0v) is 9.73. The van der Waals surface area contributed by atoms with Gasteiger partial charge in [0.1, 0.15) is 24.4 Å². The van der Waals surface area contributed by atoms with E-state index >= 15 is 0 Å². The van der Waals surface area contributed by atoms with Gasteiger partial charge in [0, 0.05) is 6.61 Å². The van der Waals surface area contributed by atoms with Crippen molar-refractivity contribution in [3.63, 3.8) is 0 Å². The Morgan fingerprint density at radius 2 is 1.76 bits per heavy atom. The standard InChI is InChI=1S/C10H20O7/c1-2-15-3-4-16-10-9(14)8(13)7(12)6(5-11)17-10/h6-14H,2-5H2,1H3/t6-,7-,8+,9-,10-/m1/s1. The predicted octanol–water partition coefficient (Wildman–Crippen LogP) is -2.16. The molecular formula is C10H20O7. The van der Waals surface area contributed by atoms with Crippen LogP contribution in [0.2, 0.25) is 0 Å². The van der Waals surface area contributed by atoms with Crippen molar-refractivity contribution in [2.45, 2.75) is 37.6 Å². The van der Waals surface area contributed by atoms with Crippen LogP contribution in [0.4, 0.5) is 0 Å². The van der Waals surface area contributed by atoms with Gasteiger partial charge < -0.3 is 34.6 Å². The van der Waals surface area contributed by atoms with Crippen molar-refractivity contribution < 1.29 is 34.6 Å². The SMILES string of the molecule is CCOCCO[C@@H]1O[C@H](CO)[C@@H](O)[C@H](O)[C@H]1O. The molecule has 0 aromatic rings. The lowest BCUT2D eigenvalue weighted by Crippen LogP contribution is -2.59. The monoisotopic (exact) mass is 252 g/mol. The summed E-state index contributed by atoms with van der Waals surface area (Å²) in [6.07, 6.45) is -6.13. The van der Waals surface area contributed by atoms with Crippen LogP contribution in [-0.4, -0.2) is 77.6 Å². The molecule has 0 spiro atoms. The van der Waals surface area contributed by atoms with E-state index in [1.807, 2.05) is 6.92 Å². The molecule has 4 N–H and O–H groups in total. The van der Waals surface area contributed by atoms with Crippen LogP contribution < -0.4 is 0 Å². The zero-order chi connectivity index (χ0) is 12.8. The highest BCUT2D eigenvalue weighted by Crippen LogP contribution is 2.21. The van der Waals surface area contributed by atoms with Crippen molar-refractivity contribution >= 4 is 0 Å². The molecule has 0 radical (unpaired) electrons. The minimum Gasteiger partial charge on any atom is -0.394 e. The number of rotatable bonds is 6. The maximum absolute atomic E-state index is 9.60. The Morgan fingerprint density at radius 1 is 1.06 bits per heavy atom. The summed E-state index contributed by atoms with van der Waals surface area (Å²) in [7, 11) is 0. The van der Waals surface area contributed by atoms with Gasteiger partial charge in [-0.1, -0.05) is 0 Å². The third-order valence-corrected chi connectivity index (χ3v) is 2.56. The summed E-state index contributed by atoms with van der Waals surface area (Å²) < 4.78 is 15.3. The molecule has 0 unspecified atom stereocenters. The average molecular weight is 252 g/mol. The first-order chi connectivity index (χ1) is 8.11. The van der Waals surface area contributed by atoms with Crippen LogP contribution in [0.15, 0.2) is 0 Å². The lowest BCUT2D eigenvalue weighted by atomic mass is 9.99. The van der Waals surface area contributed by atoms with Crippen LogP contribution in [0.5, 0.6) is 0 Å². The normalized spacial score (nSPS) is 38.3. The largest absolute Gasteiger partial charge is 0.394 e. The Morgan fingerprint density at radius 3 is 2.35 bits per heavy atom. The van der Waals surface area contributed by atoms with Crippen LogP contribution in [0, 0.1) is 0 Å². The van der Waals surface area contributed by atoms with Gasteiger partial charge >= 0.3 is 0 Å². The van der Waals surface area contributed by atoms with Gasteiger partial charge in [0.05, 0.1) is 19.8 Å². The molecule has 17 heavy (non-hydrogen) atoms. The van der Waals surface area contributed by atoms with E-state index in [0.717, 1.165) is 0 Å². The fourth-order valence-electron chi connectivity index (χ4n) is 1.57. The van der Waals surface area contributed by atoms with Gasteiger partial charge in [0.2, 0.25) is 0 Å². The fourth-order valence-corrected chi connectivity index (χ4v) is 1.57. The number of ether oxygens (including phenoxy) is 3. The van der Waals surface area contributed by atoms with Crippen LogP contribution in [-0.2, 0) is 14.2 Å². The molecule has 102 valence electrons. The second kappa shape index (κ2) is 7.22. The predicted molar refractivity (Wildman–Crippen MR) is 56.2 cm³/mol. The van der Waals surface area contributed by atoms with Crippen molar-refractivity contribution in [1.29, 1.82) is 0 Å². The van der Waals surface area contributed by atoms with Gasteiger partial charge in [-0.25, -0.2) is 0 Å². The first-order valence-electron chi connectivity index (χ1n) is 5.61. The van der Waals surface area contributed by atoms with Crippen molar-refractivity contribution in [2.24, 2.45) is 0 Å². The molecule has 7 nitrogen and oxygen atoms in total. The number of aliphatic hydroxyl groups is 4. The minimum absolute atomic E-state index is 0.191. The van der Waals surface area contributed by atoms with E-state index in [0.29, 0.717) is 13.2 Å². The molecular weight excluding hydrogens is 232 g/mol. The van der Waals surface area contributed by atoms with Gasteiger partial charge in [-0.15, -0.1) is 0 Å². The quantitative estimate of drug-likeness (QED) is 0.399. The Balaban J connectivity index is 2.42. The zero-order valence-electron chi connectivity index (χ0n) is 9.73.